The minimum absolute atomic E-state index is 0.305. The van der Waals surface area contributed by atoms with E-state index < -0.39 is 6.29 Å². The van der Waals surface area contributed by atoms with E-state index in [0.717, 1.165) is 3.57 Å². The molecule has 0 N–H and O–H groups in total. The van der Waals surface area contributed by atoms with Crippen LogP contribution in [-0.2, 0) is 9.47 Å². The van der Waals surface area contributed by atoms with Crippen LogP contribution >= 0.6 is 22.6 Å². The highest BCUT2D eigenvalue weighted by Crippen LogP contribution is 2.21. The summed E-state index contributed by atoms with van der Waals surface area (Å²) in [6.45, 7) is 0. The van der Waals surface area contributed by atoms with Gasteiger partial charge >= 0.3 is 0 Å². The molecule has 0 radical (unpaired) electrons. The Bertz CT molecular complexity index is 287. The lowest BCUT2D eigenvalue weighted by Gasteiger charge is -2.14. The summed E-state index contributed by atoms with van der Waals surface area (Å²) in [4.78, 5) is 0. The fourth-order valence-electron chi connectivity index (χ4n) is 1.04. The van der Waals surface area contributed by atoms with Crippen molar-refractivity contribution < 1.29 is 13.9 Å². The molecule has 1 rings (SSSR count). The number of rotatable bonds is 3. The lowest BCUT2D eigenvalue weighted by molar-refractivity contribution is -0.107. The molecule has 0 heterocycles. The number of hydrogen-bond donors (Lipinski definition) is 0. The molecule has 0 unspecified atom stereocenters. The van der Waals surface area contributed by atoms with E-state index in [1.807, 2.05) is 28.7 Å². The Morgan fingerprint density at radius 1 is 1.31 bits per heavy atom. The summed E-state index contributed by atoms with van der Waals surface area (Å²) in [5.74, 6) is -0.305. The zero-order valence-corrected chi connectivity index (χ0v) is 9.54. The highest BCUT2D eigenvalue weighted by molar-refractivity contribution is 14.1. The summed E-state index contributed by atoms with van der Waals surface area (Å²) < 4.78 is 24.0. The molecule has 0 fully saturated rings. The van der Waals surface area contributed by atoms with Gasteiger partial charge in [0.25, 0.3) is 0 Å². The molecule has 0 bridgehead atoms. The molecular formula is C9H10FIO2. The lowest BCUT2D eigenvalue weighted by atomic mass is 10.2. The first-order chi connectivity index (χ1) is 6.19. The smallest absolute Gasteiger partial charge is 0.185 e. The van der Waals surface area contributed by atoms with E-state index in [9.17, 15) is 4.39 Å². The lowest BCUT2D eigenvalue weighted by Crippen LogP contribution is -2.06. The molecule has 0 aliphatic carbocycles. The van der Waals surface area contributed by atoms with Crippen molar-refractivity contribution in [3.63, 3.8) is 0 Å². The topological polar surface area (TPSA) is 18.5 Å². The van der Waals surface area contributed by atoms with Gasteiger partial charge in [0.2, 0.25) is 0 Å². The van der Waals surface area contributed by atoms with Crippen molar-refractivity contribution >= 4 is 22.6 Å². The number of ether oxygens (including phenoxy) is 2. The Kier molecular flexibility index (Phi) is 4.08. The molecule has 4 heteroatoms. The quantitative estimate of drug-likeness (QED) is 0.631. The number of halogens is 2. The molecule has 0 aliphatic rings. The van der Waals surface area contributed by atoms with Crippen LogP contribution in [0.4, 0.5) is 4.39 Å². The number of methoxy groups -OCH3 is 2. The van der Waals surface area contributed by atoms with Crippen LogP contribution in [0.5, 0.6) is 0 Å². The Labute approximate surface area is 90.2 Å². The van der Waals surface area contributed by atoms with E-state index in [2.05, 4.69) is 0 Å². The van der Waals surface area contributed by atoms with Gasteiger partial charge in [-0.1, -0.05) is 0 Å². The molecule has 0 aliphatic heterocycles. The summed E-state index contributed by atoms with van der Waals surface area (Å²) in [6, 6.07) is 4.92. The molecule has 72 valence electrons. The van der Waals surface area contributed by atoms with E-state index in [4.69, 9.17) is 9.47 Å². The molecule has 0 saturated heterocycles. The maximum Gasteiger partial charge on any atom is 0.185 e. The first-order valence-corrected chi connectivity index (χ1v) is 4.77. The highest BCUT2D eigenvalue weighted by Gasteiger charge is 2.13. The molecule has 2 nitrogen and oxygen atoms in total. The molecule has 0 spiro atoms. The van der Waals surface area contributed by atoms with Crippen LogP contribution in [0.1, 0.15) is 11.9 Å². The van der Waals surface area contributed by atoms with Crippen molar-refractivity contribution in [2.75, 3.05) is 14.2 Å². The Hall–Kier alpha value is -0.200. The van der Waals surface area contributed by atoms with E-state index >= 15 is 0 Å². The van der Waals surface area contributed by atoms with Gasteiger partial charge in [-0.3, -0.25) is 0 Å². The van der Waals surface area contributed by atoms with Crippen molar-refractivity contribution in [2.45, 2.75) is 6.29 Å². The van der Waals surface area contributed by atoms with Gasteiger partial charge in [-0.15, -0.1) is 0 Å². The summed E-state index contributed by atoms with van der Waals surface area (Å²) in [6.07, 6.45) is -0.628. The SMILES string of the molecule is COC(OC)c1ccc(I)cc1F. The molecule has 0 aromatic heterocycles. The van der Waals surface area contributed by atoms with Gasteiger partial charge in [0.15, 0.2) is 6.29 Å². The predicted molar refractivity (Wildman–Crippen MR) is 55.9 cm³/mol. The van der Waals surface area contributed by atoms with Gasteiger partial charge in [0.05, 0.1) is 0 Å². The molecule has 0 amide bonds. The monoisotopic (exact) mass is 296 g/mol. The summed E-state index contributed by atoms with van der Waals surface area (Å²) in [7, 11) is 2.96. The first kappa shape index (κ1) is 10.9. The van der Waals surface area contributed by atoms with Gasteiger partial charge in [-0.25, -0.2) is 4.39 Å². The fourth-order valence-corrected chi connectivity index (χ4v) is 1.50. The molecule has 0 atom stereocenters. The van der Waals surface area contributed by atoms with Crippen molar-refractivity contribution in [1.29, 1.82) is 0 Å². The molecule has 0 saturated carbocycles. The summed E-state index contributed by atoms with van der Waals surface area (Å²) >= 11 is 2.05. The average molecular weight is 296 g/mol. The maximum absolute atomic E-state index is 13.3. The maximum atomic E-state index is 13.3. The first-order valence-electron chi connectivity index (χ1n) is 3.69. The summed E-state index contributed by atoms with van der Waals surface area (Å²) in [5.41, 5.74) is 0.422. The third-order valence-electron chi connectivity index (χ3n) is 1.64. The van der Waals surface area contributed by atoms with Crippen LogP contribution in [0.2, 0.25) is 0 Å². The fraction of sp³-hybridized carbons (Fsp3) is 0.333. The predicted octanol–water partition coefficient (Wildman–Crippen LogP) is 2.72. The Morgan fingerprint density at radius 2 is 1.92 bits per heavy atom. The molecule has 1 aromatic carbocycles. The van der Waals surface area contributed by atoms with Gasteiger partial charge < -0.3 is 9.47 Å². The van der Waals surface area contributed by atoms with Crippen molar-refractivity contribution in [3.05, 3.63) is 33.1 Å². The number of hydrogen-bond acceptors (Lipinski definition) is 2. The van der Waals surface area contributed by atoms with Crippen LogP contribution in [0.3, 0.4) is 0 Å². The van der Waals surface area contributed by atoms with Crippen LogP contribution in [0.25, 0.3) is 0 Å². The van der Waals surface area contributed by atoms with Crippen molar-refractivity contribution in [2.24, 2.45) is 0 Å². The van der Waals surface area contributed by atoms with Crippen molar-refractivity contribution in [3.8, 4) is 0 Å². The third-order valence-corrected chi connectivity index (χ3v) is 2.32. The highest BCUT2D eigenvalue weighted by atomic mass is 127. The number of benzene rings is 1. The van der Waals surface area contributed by atoms with E-state index in [0.29, 0.717) is 5.56 Å². The van der Waals surface area contributed by atoms with Crippen LogP contribution < -0.4 is 0 Å². The van der Waals surface area contributed by atoms with Crippen LogP contribution in [-0.4, -0.2) is 14.2 Å². The Morgan fingerprint density at radius 3 is 2.38 bits per heavy atom. The van der Waals surface area contributed by atoms with Crippen molar-refractivity contribution in [1.82, 2.24) is 0 Å². The minimum Gasteiger partial charge on any atom is -0.352 e. The third kappa shape index (κ3) is 2.62. The standard InChI is InChI=1S/C9H10FIO2/c1-12-9(13-2)7-4-3-6(11)5-8(7)10/h3-5,9H,1-2H3. The van der Waals surface area contributed by atoms with Gasteiger partial charge in [0.1, 0.15) is 5.82 Å². The molecule has 1 aromatic rings. The Balaban J connectivity index is 2.99. The zero-order valence-electron chi connectivity index (χ0n) is 7.38. The van der Waals surface area contributed by atoms with Crippen LogP contribution in [0, 0.1) is 9.39 Å². The van der Waals surface area contributed by atoms with E-state index in [-0.39, 0.29) is 5.82 Å². The zero-order chi connectivity index (χ0) is 9.84. The second kappa shape index (κ2) is 4.88. The van der Waals surface area contributed by atoms with Gasteiger partial charge in [-0.05, 0) is 40.8 Å². The van der Waals surface area contributed by atoms with E-state index in [1.165, 1.54) is 20.3 Å². The van der Waals surface area contributed by atoms with Gasteiger partial charge in [0, 0.05) is 23.4 Å². The van der Waals surface area contributed by atoms with E-state index in [1.54, 1.807) is 6.07 Å². The minimum atomic E-state index is -0.628. The second-order valence-electron chi connectivity index (χ2n) is 2.47. The molecule has 13 heavy (non-hydrogen) atoms. The molecular weight excluding hydrogens is 286 g/mol. The van der Waals surface area contributed by atoms with Gasteiger partial charge in [-0.2, -0.15) is 0 Å². The average Bonchev–Trinajstić information content (AvgIpc) is 2.10. The summed E-state index contributed by atoms with van der Waals surface area (Å²) in [5, 5.41) is 0. The largest absolute Gasteiger partial charge is 0.352 e. The van der Waals surface area contributed by atoms with Crippen LogP contribution in [0.15, 0.2) is 18.2 Å². The second-order valence-corrected chi connectivity index (χ2v) is 3.71. The normalized spacial score (nSPS) is 10.8.